The molecule has 0 aromatic heterocycles. The lowest BCUT2D eigenvalue weighted by Gasteiger charge is -2.27. The van der Waals surface area contributed by atoms with Crippen LogP contribution in [0, 0.1) is 0 Å². The fourth-order valence-corrected chi connectivity index (χ4v) is 3.98. The van der Waals surface area contributed by atoms with Gasteiger partial charge in [-0.15, -0.1) is 4.59 Å². The molecule has 2 aromatic rings. The largest absolute Gasteiger partial charge is 0.530 e. The Bertz CT molecular complexity index is 1050. The number of likely N-dealkylation sites (N-methyl/N-ethyl adjacent to an activating group) is 1. The molecule has 1 heterocycles. The molecule has 2 N–H and O–H groups in total. The fourth-order valence-electron chi connectivity index (χ4n) is 3.48. The molecule has 1 atom stereocenters. The van der Waals surface area contributed by atoms with Crippen LogP contribution in [-0.2, 0) is 6.54 Å². The van der Waals surface area contributed by atoms with Crippen molar-refractivity contribution in [3.63, 3.8) is 0 Å². The Morgan fingerprint density at radius 2 is 1.79 bits per heavy atom. The van der Waals surface area contributed by atoms with Crippen molar-refractivity contribution in [2.45, 2.75) is 19.9 Å². The van der Waals surface area contributed by atoms with Gasteiger partial charge in [0.2, 0.25) is 5.76 Å². The summed E-state index contributed by atoms with van der Waals surface area (Å²) >= 11 is 12.3. The van der Waals surface area contributed by atoms with E-state index in [9.17, 15) is 9.90 Å². The van der Waals surface area contributed by atoms with E-state index in [1.807, 2.05) is 38.2 Å². The number of nitrogens with one attached hydrogen (secondary N) is 2. The van der Waals surface area contributed by atoms with Crippen LogP contribution in [-0.4, -0.2) is 43.6 Å². The Morgan fingerprint density at radius 3 is 2.36 bits per heavy atom. The van der Waals surface area contributed by atoms with E-state index in [1.165, 1.54) is 0 Å². The molecule has 0 bridgehead atoms. The van der Waals surface area contributed by atoms with Crippen molar-refractivity contribution < 1.29 is 24.0 Å². The molecule has 0 saturated heterocycles. The molecule has 1 aliphatic heterocycles. The van der Waals surface area contributed by atoms with Crippen LogP contribution in [0.1, 0.15) is 18.9 Å². The third-order valence-electron chi connectivity index (χ3n) is 5.13. The van der Waals surface area contributed by atoms with Gasteiger partial charge in [-0.05, 0) is 42.3 Å². The summed E-state index contributed by atoms with van der Waals surface area (Å²) in [4.78, 5) is 10.9. The number of hydrogen-bond acceptors (Lipinski definition) is 6. The van der Waals surface area contributed by atoms with Crippen molar-refractivity contribution >= 4 is 35.0 Å². The van der Waals surface area contributed by atoms with Gasteiger partial charge in [0.1, 0.15) is 29.8 Å². The number of nitrogens with zero attached hydrogens (tertiary/aromatic N) is 2. The number of methoxy groups -OCH3 is 1. The zero-order valence-electron chi connectivity index (χ0n) is 18.7. The molecule has 33 heavy (non-hydrogen) atoms. The zero-order valence-corrected chi connectivity index (χ0v) is 20.2. The van der Waals surface area contributed by atoms with E-state index >= 15 is 0 Å². The second-order valence-electron chi connectivity index (χ2n) is 7.56. The van der Waals surface area contributed by atoms with Gasteiger partial charge in [-0.2, -0.15) is 0 Å². The van der Waals surface area contributed by atoms with Crippen molar-refractivity contribution in [1.29, 1.82) is 0 Å². The Balaban J connectivity index is 1.94. The molecule has 3 rings (SSSR count). The number of amides is 1. The Hall–Kier alpha value is -2.94. The van der Waals surface area contributed by atoms with E-state index in [0.717, 1.165) is 17.0 Å². The van der Waals surface area contributed by atoms with Crippen LogP contribution in [0.4, 0.5) is 4.79 Å². The minimum absolute atomic E-state index is 0.0727. The maximum absolute atomic E-state index is 10.9. The summed E-state index contributed by atoms with van der Waals surface area (Å²) in [5.74, 6) is 2.50. The number of allylic oxidation sites excluding steroid dienone is 1. The van der Waals surface area contributed by atoms with Crippen molar-refractivity contribution in [2.75, 3.05) is 27.2 Å². The monoisotopic (exact) mass is 492 g/mol. The molecule has 2 aromatic carbocycles. The SMILES string of the molecule is CCC1=N[N@+](C)(CCNC(=O)[O-])C(NCc2ccc(OC)cc2)=C1Oc1cc(Cl)cc(Cl)c1. The van der Waals surface area contributed by atoms with Crippen LogP contribution < -0.4 is 25.2 Å². The molecule has 0 radical (unpaired) electrons. The molecule has 0 fully saturated rings. The number of carboxylic acid groups (broad SMARTS) is 1. The van der Waals surface area contributed by atoms with Gasteiger partial charge in [0.15, 0.2) is 0 Å². The third kappa shape index (κ3) is 6.31. The number of halogens is 2. The number of carbonyl (C=O) groups is 1. The first kappa shape index (κ1) is 24.7. The van der Waals surface area contributed by atoms with Crippen molar-refractivity contribution in [3.05, 3.63) is 69.7 Å². The second-order valence-corrected chi connectivity index (χ2v) is 8.44. The highest BCUT2D eigenvalue weighted by Crippen LogP contribution is 2.32. The minimum atomic E-state index is -1.33. The molecule has 1 aliphatic rings. The lowest BCUT2D eigenvalue weighted by atomic mass is 10.2. The summed E-state index contributed by atoms with van der Waals surface area (Å²) in [6.07, 6.45) is -0.721. The summed E-state index contributed by atoms with van der Waals surface area (Å²) in [6, 6.07) is 12.7. The smallest absolute Gasteiger partial charge is 0.274 e. The first-order valence-electron chi connectivity index (χ1n) is 10.4. The average Bonchev–Trinajstić information content (AvgIpc) is 3.02. The lowest BCUT2D eigenvalue weighted by molar-refractivity contribution is -0.879. The number of hydrogen-bond donors (Lipinski definition) is 2. The summed E-state index contributed by atoms with van der Waals surface area (Å²) in [5, 5.41) is 22.3. The number of rotatable bonds is 10. The number of carbonyl (C=O) groups excluding carboxylic acids is 1. The molecule has 0 spiro atoms. The molecule has 1 amide bonds. The van der Waals surface area contributed by atoms with Gasteiger partial charge in [-0.25, -0.2) is 0 Å². The zero-order chi connectivity index (χ0) is 24.0. The Kier molecular flexibility index (Phi) is 8.07. The maximum Gasteiger partial charge on any atom is 0.274 e. The topological polar surface area (TPSA) is 95.0 Å². The van der Waals surface area contributed by atoms with E-state index in [0.29, 0.717) is 46.9 Å². The van der Waals surface area contributed by atoms with E-state index in [1.54, 1.807) is 25.3 Å². The molecule has 8 nitrogen and oxygen atoms in total. The van der Waals surface area contributed by atoms with E-state index in [-0.39, 0.29) is 11.1 Å². The number of benzene rings is 2. The Labute approximate surface area is 203 Å². The van der Waals surface area contributed by atoms with E-state index in [4.69, 9.17) is 37.8 Å². The van der Waals surface area contributed by atoms with Crippen LogP contribution in [0.25, 0.3) is 0 Å². The summed E-state index contributed by atoms with van der Waals surface area (Å²) in [6.45, 7) is 2.98. The molecular weight excluding hydrogens is 467 g/mol. The summed E-state index contributed by atoms with van der Waals surface area (Å²) < 4.78 is 11.5. The number of ether oxygens (including phenoxy) is 2. The first-order valence-corrected chi connectivity index (χ1v) is 11.1. The third-order valence-corrected chi connectivity index (χ3v) is 5.56. The Morgan fingerprint density at radius 1 is 1.12 bits per heavy atom. The maximum atomic E-state index is 10.9. The van der Waals surface area contributed by atoms with Crippen LogP contribution in [0.5, 0.6) is 11.5 Å². The second kappa shape index (κ2) is 10.8. The average molecular weight is 493 g/mol. The summed E-state index contributed by atoms with van der Waals surface area (Å²) in [5.41, 5.74) is 1.76. The van der Waals surface area contributed by atoms with Gasteiger partial charge < -0.3 is 30.0 Å². The van der Waals surface area contributed by atoms with Gasteiger partial charge in [-0.3, -0.25) is 0 Å². The number of quaternary nitrogens is 1. The molecule has 176 valence electrons. The van der Waals surface area contributed by atoms with Crippen LogP contribution >= 0.6 is 23.2 Å². The van der Waals surface area contributed by atoms with Crippen LogP contribution in [0.2, 0.25) is 10.0 Å². The highest BCUT2D eigenvalue weighted by Gasteiger charge is 2.41. The highest BCUT2D eigenvalue weighted by molar-refractivity contribution is 6.34. The predicted octanol–water partition coefficient (Wildman–Crippen LogP) is 3.50. The van der Waals surface area contributed by atoms with E-state index < -0.39 is 6.09 Å². The molecule has 0 aliphatic carbocycles. The normalized spacial score (nSPS) is 17.5. The predicted molar refractivity (Wildman–Crippen MR) is 126 cm³/mol. The van der Waals surface area contributed by atoms with Crippen molar-refractivity contribution in [2.24, 2.45) is 5.10 Å². The molecule has 0 saturated carbocycles. The standard InChI is InChI=1S/C23H26Cl2N4O4/c1-4-20-21(33-19-12-16(24)11-17(25)13-19)22(29(2,28-20)10-9-26-23(30)31)27-14-15-5-7-18(32-3)8-6-15/h5-8,11-13,26H,4,9-10,14H2,1-3H3,(H-,27,28,30,31)/t29-/m1/s1. The van der Waals surface area contributed by atoms with Crippen LogP contribution in [0.3, 0.4) is 0 Å². The quantitative estimate of drug-likeness (QED) is 0.494. The van der Waals surface area contributed by atoms with Crippen LogP contribution in [0.15, 0.2) is 59.1 Å². The van der Waals surface area contributed by atoms with Crippen molar-refractivity contribution in [1.82, 2.24) is 10.6 Å². The highest BCUT2D eigenvalue weighted by atomic mass is 35.5. The van der Waals surface area contributed by atoms with Gasteiger partial charge in [0.25, 0.3) is 5.82 Å². The lowest BCUT2D eigenvalue weighted by Crippen LogP contribution is -2.48. The molecule has 10 heteroatoms. The first-order chi connectivity index (χ1) is 15.7. The fraction of sp³-hybridized carbons (Fsp3) is 0.304. The minimum Gasteiger partial charge on any atom is -0.530 e. The van der Waals surface area contributed by atoms with Gasteiger partial charge in [0.05, 0.1) is 20.7 Å². The van der Waals surface area contributed by atoms with E-state index in [2.05, 4.69) is 10.6 Å². The van der Waals surface area contributed by atoms with Gasteiger partial charge in [0, 0.05) is 16.6 Å². The molecule has 0 unspecified atom stereocenters. The summed E-state index contributed by atoms with van der Waals surface area (Å²) in [7, 11) is 3.50. The van der Waals surface area contributed by atoms with Crippen molar-refractivity contribution in [3.8, 4) is 11.5 Å². The van der Waals surface area contributed by atoms with Gasteiger partial charge >= 0.3 is 0 Å². The van der Waals surface area contributed by atoms with Gasteiger partial charge in [-0.1, -0.05) is 47.4 Å². The molecular formula is C23H26Cl2N4O4.